The number of nitrogens with zero attached hydrogens (tertiary/aromatic N) is 4. The maximum atomic E-state index is 12.7. The summed E-state index contributed by atoms with van der Waals surface area (Å²) >= 11 is 0. The Hall–Kier alpha value is -2.18. The number of aromatic nitrogens is 2. The fraction of sp³-hybridized carbons (Fsp3) is 0.625. The maximum Gasteiger partial charge on any atom is 0.267 e. The van der Waals surface area contributed by atoms with E-state index >= 15 is 0 Å². The Kier molecular flexibility index (Phi) is 4.19. The van der Waals surface area contributed by atoms with E-state index in [9.17, 15) is 14.4 Å². The highest BCUT2D eigenvalue weighted by atomic mass is 16.2. The molecule has 7 nitrogen and oxygen atoms in total. The van der Waals surface area contributed by atoms with Crippen LogP contribution in [0.15, 0.2) is 10.9 Å². The molecule has 1 aromatic heterocycles. The average molecular weight is 318 g/mol. The van der Waals surface area contributed by atoms with Gasteiger partial charge >= 0.3 is 0 Å². The first-order chi connectivity index (χ1) is 11.0. The largest absolute Gasteiger partial charge is 0.339 e. The average Bonchev–Trinajstić information content (AvgIpc) is 3.00. The van der Waals surface area contributed by atoms with E-state index in [0.29, 0.717) is 26.2 Å². The molecular formula is C16H22N4O3. The second kappa shape index (κ2) is 6.14. The van der Waals surface area contributed by atoms with Gasteiger partial charge in [-0.3, -0.25) is 14.4 Å². The van der Waals surface area contributed by atoms with E-state index in [2.05, 4.69) is 5.10 Å². The standard InChI is InChI=1S/C16H22N4O3/c1-11(16(23)19-8-6-18(7-9-19)12(2)21)20-15(22)10-13-4-3-5-14(13)17-20/h10-11H,3-9H2,1-2H3. The lowest BCUT2D eigenvalue weighted by molar-refractivity contribution is -0.140. The molecule has 1 fully saturated rings. The van der Waals surface area contributed by atoms with Crippen molar-refractivity contribution in [3.8, 4) is 0 Å². The third kappa shape index (κ3) is 3.00. The molecule has 1 unspecified atom stereocenters. The van der Waals surface area contributed by atoms with Crippen molar-refractivity contribution in [2.45, 2.75) is 39.2 Å². The molecule has 2 amide bonds. The molecule has 2 aliphatic rings. The quantitative estimate of drug-likeness (QED) is 0.768. The zero-order valence-electron chi connectivity index (χ0n) is 13.6. The van der Waals surface area contributed by atoms with Crippen LogP contribution in [-0.2, 0) is 22.4 Å². The van der Waals surface area contributed by atoms with Crippen molar-refractivity contribution in [1.29, 1.82) is 0 Å². The first-order valence-electron chi connectivity index (χ1n) is 8.13. The second-order valence-corrected chi connectivity index (χ2v) is 6.26. The van der Waals surface area contributed by atoms with E-state index in [-0.39, 0.29) is 17.4 Å². The van der Waals surface area contributed by atoms with Gasteiger partial charge in [0.1, 0.15) is 6.04 Å². The lowest BCUT2D eigenvalue weighted by Crippen LogP contribution is -2.52. The summed E-state index contributed by atoms with van der Waals surface area (Å²) in [6.07, 6.45) is 2.78. The van der Waals surface area contributed by atoms with Gasteiger partial charge in [0, 0.05) is 39.2 Å². The van der Waals surface area contributed by atoms with Gasteiger partial charge in [0.2, 0.25) is 11.8 Å². The Morgan fingerprint density at radius 2 is 1.78 bits per heavy atom. The lowest BCUT2D eigenvalue weighted by Gasteiger charge is -2.35. The van der Waals surface area contributed by atoms with E-state index in [4.69, 9.17) is 0 Å². The molecule has 0 radical (unpaired) electrons. The molecule has 2 heterocycles. The van der Waals surface area contributed by atoms with Crippen LogP contribution >= 0.6 is 0 Å². The van der Waals surface area contributed by atoms with Crippen LogP contribution < -0.4 is 5.56 Å². The minimum absolute atomic E-state index is 0.0293. The Balaban J connectivity index is 1.73. The van der Waals surface area contributed by atoms with Crippen LogP contribution in [0.4, 0.5) is 0 Å². The van der Waals surface area contributed by atoms with Gasteiger partial charge in [-0.05, 0) is 31.7 Å². The smallest absolute Gasteiger partial charge is 0.267 e. The minimum Gasteiger partial charge on any atom is -0.339 e. The van der Waals surface area contributed by atoms with E-state index in [0.717, 1.165) is 30.5 Å². The van der Waals surface area contributed by atoms with Crippen LogP contribution in [0.5, 0.6) is 0 Å². The van der Waals surface area contributed by atoms with Gasteiger partial charge in [-0.1, -0.05) is 0 Å². The normalized spacial score (nSPS) is 18.7. The van der Waals surface area contributed by atoms with Gasteiger partial charge in [0.15, 0.2) is 0 Å². The number of piperazine rings is 1. The lowest BCUT2D eigenvalue weighted by atomic mass is 10.2. The van der Waals surface area contributed by atoms with Gasteiger partial charge in [0.05, 0.1) is 5.69 Å². The molecule has 0 spiro atoms. The summed E-state index contributed by atoms with van der Waals surface area (Å²) in [4.78, 5) is 39.7. The van der Waals surface area contributed by atoms with Crippen LogP contribution in [0.3, 0.4) is 0 Å². The van der Waals surface area contributed by atoms with Crippen LogP contribution in [0, 0.1) is 0 Å². The first-order valence-corrected chi connectivity index (χ1v) is 8.13. The van der Waals surface area contributed by atoms with E-state index in [1.54, 1.807) is 22.8 Å². The van der Waals surface area contributed by atoms with Crippen LogP contribution in [0.25, 0.3) is 0 Å². The molecule has 124 valence electrons. The zero-order valence-corrected chi connectivity index (χ0v) is 13.6. The summed E-state index contributed by atoms with van der Waals surface area (Å²) in [5.74, 6) is -0.0811. The van der Waals surface area contributed by atoms with Crippen LogP contribution in [0.1, 0.15) is 37.6 Å². The Morgan fingerprint density at radius 1 is 1.13 bits per heavy atom. The summed E-state index contributed by atoms with van der Waals surface area (Å²) in [7, 11) is 0. The van der Waals surface area contributed by atoms with Crippen molar-refractivity contribution in [1.82, 2.24) is 19.6 Å². The molecule has 1 aromatic rings. The van der Waals surface area contributed by atoms with Crippen molar-refractivity contribution in [2.75, 3.05) is 26.2 Å². The minimum atomic E-state index is -0.614. The van der Waals surface area contributed by atoms with Crippen molar-refractivity contribution < 1.29 is 9.59 Å². The molecule has 23 heavy (non-hydrogen) atoms. The first kappa shape index (κ1) is 15.7. The molecule has 0 N–H and O–H groups in total. The van der Waals surface area contributed by atoms with Crippen molar-refractivity contribution in [3.63, 3.8) is 0 Å². The van der Waals surface area contributed by atoms with E-state index < -0.39 is 6.04 Å². The molecule has 0 saturated carbocycles. The number of amides is 2. The van der Waals surface area contributed by atoms with Gasteiger partial charge in [-0.25, -0.2) is 4.68 Å². The molecule has 0 aromatic carbocycles. The zero-order chi connectivity index (χ0) is 16.6. The predicted molar refractivity (Wildman–Crippen MR) is 84.1 cm³/mol. The summed E-state index contributed by atoms with van der Waals surface area (Å²) in [5.41, 5.74) is 1.74. The number of hydrogen-bond donors (Lipinski definition) is 0. The number of aryl methyl sites for hydroxylation is 2. The van der Waals surface area contributed by atoms with Crippen LogP contribution in [-0.4, -0.2) is 57.6 Å². The number of fused-ring (bicyclic) bond motifs is 1. The van der Waals surface area contributed by atoms with Crippen LogP contribution in [0.2, 0.25) is 0 Å². The summed E-state index contributed by atoms with van der Waals surface area (Å²) in [6.45, 7) is 5.34. The molecule has 7 heteroatoms. The van der Waals surface area contributed by atoms with Gasteiger partial charge in [0.25, 0.3) is 5.56 Å². The SMILES string of the molecule is CC(=O)N1CCN(C(=O)C(C)n2nc3c(cc2=O)CCC3)CC1. The number of rotatable bonds is 2. The Bertz CT molecular complexity index is 689. The van der Waals surface area contributed by atoms with Crippen molar-refractivity contribution >= 4 is 11.8 Å². The summed E-state index contributed by atoms with van der Waals surface area (Å²) < 4.78 is 1.31. The van der Waals surface area contributed by atoms with Gasteiger partial charge in [-0.15, -0.1) is 0 Å². The van der Waals surface area contributed by atoms with Gasteiger partial charge in [-0.2, -0.15) is 5.10 Å². The molecule has 0 bridgehead atoms. The highest BCUT2D eigenvalue weighted by molar-refractivity contribution is 5.80. The number of hydrogen-bond acceptors (Lipinski definition) is 4. The third-order valence-corrected chi connectivity index (χ3v) is 4.74. The summed E-state index contributed by atoms with van der Waals surface area (Å²) in [6, 6.07) is 1.00. The number of carbonyl (C=O) groups excluding carboxylic acids is 2. The molecule has 1 saturated heterocycles. The molecular weight excluding hydrogens is 296 g/mol. The Morgan fingerprint density at radius 3 is 2.43 bits per heavy atom. The molecule has 3 rings (SSSR count). The fourth-order valence-corrected chi connectivity index (χ4v) is 3.30. The molecule has 1 atom stereocenters. The van der Waals surface area contributed by atoms with E-state index in [1.165, 1.54) is 11.6 Å². The Labute approximate surface area is 134 Å². The van der Waals surface area contributed by atoms with Gasteiger partial charge < -0.3 is 9.80 Å². The molecule has 1 aliphatic heterocycles. The number of carbonyl (C=O) groups is 2. The third-order valence-electron chi connectivity index (χ3n) is 4.74. The van der Waals surface area contributed by atoms with E-state index in [1.807, 2.05) is 0 Å². The maximum absolute atomic E-state index is 12.7. The highest BCUT2D eigenvalue weighted by Crippen LogP contribution is 2.18. The predicted octanol–water partition coefficient (Wildman–Crippen LogP) is -0.0163. The second-order valence-electron chi connectivity index (χ2n) is 6.26. The summed E-state index contributed by atoms with van der Waals surface area (Å²) in [5, 5.41) is 4.40. The van der Waals surface area contributed by atoms with Crippen molar-refractivity contribution in [2.24, 2.45) is 0 Å². The van der Waals surface area contributed by atoms with Crippen molar-refractivity contribution in [3.05, 3.63) is 27.7 Å². The molecule has 1 aliphatic carbocycles. The monoisotopic (exact) mass is 318 g/mol. The highest BCUT2D eigenvalue weighted by Gasteiger charge is 2.28. The fourth-order valence-electron chi connectivity index (χ4n) is 3.30. The topological polar surface area (TPSA) is 75.5 Å².